The Balaban J connectivity index is 1.61. The van der Waals surface area contributed by atoms with Crippen molar-refractivity contribution in [2.75, 3.05) is 21.9 Å². The summed E-state index contributed by atoms with van der Waals surface area (Å²) in [6.07, 6.45) is 0.640. The van der Waals surface area contributed by atoms with Crippen molar-refractivity contribution in [2.24, 2.45) is 0 Å². The van der Waals surface area contributed by atoms with Crippen molar-refractivity contribution in [1.29, 1.82) is 0 Å². The van der Waals surface area contributed by atoms with Crippen LogP contribution in [0.4, 0.5) is 10.8 Å². The molecule has 1 atom stereocenters. The summed E-state index contributed by atoms with van der Waals surface area (Å²) in [7, 11) is -3.96. The molecule has 0 bridgehead atoms. The molecule has 166 valence electrons. The van der Waals surface area contributed by atoms with Crippen LogP contribution in [-0.2, 0) is 14.8 Å². The molecule has 12 heteroatoms. The molecular weight excluding hydrogens is 492 g/mol. The molecule has 4 rings (SSSR count). The molecule has 0 fully saturated rings. The van der Waals surface area contributed by atoms with Gasteiger partial charge in [0.15, 0.2) is 10.4 Å². The van der Waals surface area contributed by atoms with E-state index < -0.39 is 22.0 Å². The van der Waals surface area contributed by atoms with Gasteiger partial charge < -0.3 is 4.74 Å². The van der Waals surface area contributed by atoms with Gasteiger partial charge in [0.05, 0.1) is 17.1 Å². The quantitative estimate of drug-likeness (QED) is 0.291. The maximum Gasteiger partial charge on any atom is 0.269 e. The van der Waals surface area contributed by atoms with E-state index in [1.165, 1.54) is 41.3 Å². The summed E-state index contributed by atoms with van der Waals surface area (Å²) in [6, 6.07) is 12.6. The fourth-order valence-electron chi connectivity index (χ4n) is 2.94. The van der Waals surface area contributed by atoms with Crippen molar-refractivity contribution >= 4 is 61.4 Å². The average Bonchev–Trinajstić information content (AvgIpc) is 3.24. The maximum absolute atomic E-state index is 13.4. The highest BCUT2D eigenvalue weighted by atomic mass is 35.5. The standard InChI is InChI=1S/C20H17ClN4O4S3/c1-2-10-30-20-24-23-19(31-20)22-18(26)17-12-25(15-11-13(21)8-9-16(15)29-17)32(27,28)14-6-4-3-5-7-14/h2-9,11,17H,1,10,12H2,(H,22,23,26). The monoisotopic (exact) mass is 508 g/mol. The van der Waals surface area contributed by atoms with Gasteiger partial charge in [-0.1, -0.05) is 59.0 Å². The minimum absolute atomic E-state index is 0.0972. The molecule has 1 aromatic heterocycles. The summed E-state index contributed by atoms with van der Waals surface area (Å²) in [5.74, 6) is 0.370. The molecule has 0 saturated carbocycles. The summed E-state index contributed by atoms with van der Waals surface area (Å²) in [6.45, 7) is 3.42. The number of aromatic nitrogens is 2. The number of fused-ring (bicyclic) bond motifs is 1. The van der Waals surface area contributed by atoms with Crippen molar-refractivity contribution < 1.29 is 17.9 Å². The van der Waals surface area contributed by atoms with Crippen LogP contribution >= 0.6 is 34.7 Å². The second-order valence-electron chi connectivity index (χ2n) is 6.53. The third-order valence-electron chi connectivity index (χ3n) is 4.38. The number of benzene rings is 2. The van der Waals surface area contributed by atoms with Crippen LogP contribution < -0.4 is 14.4 Å². The van der Waals surface area contributed by atoms with Crippen LogP contribution in [0.3, 0.4) is 0 Å². The molecular formula is C20H17ClN4O4S3. The molecule has 1 aliphatic rings. The molecule has 8 nitrogen and oxygen atoms in total. The van der Waals surface area contributed by atoms with Crippen LogP contribution in [0.25, 0.3) is 0 Å². The third kappa shape index (κ3) is 4.75. The first-order chi connectivity index (χ1) is 15.4. The molecule has 0 aliphatic carbocycles. The van der Waals surface area contributed by atoms with Gasteiger partial charge in [-0.25, -0.2) is 8.42 Å². The molecule has 0 radical (unpaired) electrons. The van der Waals surface area contributed by atoms with Crippen LogP contribution in [-0.4, -0.2) is 42.9 Å². The summed E-state index contributed by atoms with van der Waals surface area (Å²) >= 11 is 8.76. The minimum atomic E-state index is -3.96. The van der Waals surface area contributed by atoms with Gasteiger partial charge in [0.25, 0.3) is 15.9 Å². The first-order valence-electron chi connectivity index (χ1n) is 9.30. The lowest BCUT2D eigenvalue weighted by Gasteiger charge is -2.34. The van der Waals surface area contributed by atoms with Gasteiger partial charge in [0.2, 0.25) is 5.13 Å². The number of sulfonamides is 1. The number of halogens is 1. The molecule has 1 aliphatic heterocycles. The summed E-state index contributed by atoms with van der Waals surface area (Å²) in [4.78, 5) is 13.0. The zero-order valence-corrected chi connectivity index (χ0v) is 19.7. The van der Waals surface area contributed by atoms with Crippen molar-refractivity contribution in [1.82, 2.24) is 10.2 Å². The van der Waals surface area contributed by atoms with E-state index in [0.717, 1.165) is 4.31 Å². The number of carbonyl (C=O) groups is 1. The number of hydrogen-bond acceptors (Lipinski definition) is 8. The first kappa shape index (κ1) is 22.6. The lowest BCUT2D eigenvalue weighted by molar-refractivity contribution is -0.122. The SMILES string of the molecule is C=CCSc1nnc(NC(=O)C2CN(S(=O)(=O)c3ccccc3)c3cc(Cl)ccc3O2)s1. The van der Waals surface area contributed by atoms with E-state index in [9.17, 15) is 13.2 Å². The Morgan fingerprint density at radius 2 is 2.09 bits per heavy atom. The summed E-state index contributed by atoms with van der Waals surface area (Å²) in [5, 5.41) is 11.3. The largest absolute Gasteiger partial charge is 0.476 e. The van der Waals surface area contributed by atoms with Gasteiger partial charge in [-0.2, -0.15) is 0 Å². The van der Waals surface area contributed by atoms with Gasteiger partial charge in [-0.15, -0.1) is 16.8 Å². The van der Waals surface area contributed by atoms with E-state index in [2.05, 4.69) is 22.1 Å². The highest BCUT2D eigenvalue weighted by molar-refractivity contribution is 8.01. The Labute approximate surface area is 198 Å². The number of rotatable bonds is 7. The average molecular weight is 509 g/mol. The van der Waals surface area contributed by atoms with Crippen LogP contribution in [0.5, 0.6) is 5.75 Å². The van der Waals surface area contributed by atoms with Gasteiger partial charge in [0, 0.05) is 10.8 Å². The predicted molar refractivity (Wildman–Crippen MR) is 126 cm³/mol. The van der Waals surface area contributed by atoms with E-state index in [1.807, 2.05) is 0 Å². The van der Waals surface area contributed by atoms with Gasteiger partial charge in [0.1, 0.15) is 5.75 Å². The number of carbonyl (C=O) groups excluding carboxylic acids is 1. The Morgan fingerprint density at radius 1 is 1.31 bits per heavy atom. The zero-order chi connectivity index (χ0) is 22.7. The number of ether oxygens (including phenoxy) is 1. The molecule has 2 aromatic carbocycles. The number of nitrogens with one attached hydrogen (secondary N) is 1. The first-order valence-corrected chi connectivity index (χ1v) is 12.9. The van der Waals surface area contributed by atoms with Crippen LogP contribution in [0.2, 0.25) is 5.02 Å². The number of hydrogen-bond donors (Lipinski definition) is 1. The van der Waals surface area contributed by atoms with Crippen molar-refractivity contribution in [3.05, 3.63) is 66.2 Å². The van der Waals surface area contributed by atoms with Crippen molar-refractivity contribution in [3.63, 3.8) is 0 Å². The fraction of sp³-hybridized carbons (Fsp3) is 0.150. The van der Waals surface area contributed by atoms with E-state index >= 15 is 0 Å². The van der Waals surface area contributed by atoms with Crippen LogP contribution in [0.1, 0.15) is 0 Å². The highest BCUT2D eigenvalue weighted by Crippen LogP contribution is 2.39. The van der Waals surface area contributed by atoms with E-state index in [4.69, 9.17) is 16.3 Å². The van der Waals surface area contributed by atoms with Crippen molar-refractivity contribution in [2.45, 2.75) is 15.3 Å². The third-order valence-corrected chi connectivity index (χ3v) is 8.37. The number of thioether (sulfide) groups is 1. The minimum Gasteiger partial charge on any atom is -0.476 e. The van der Waals surface area contributed by atoms with Crippen LogP contribution in [0.15, 0.2) is 70.4 Å². The van der Waals surface area contributed by atoms with E-state index in [1.54, 1.807) is 36.4 Å². The summed E-state index contributed by atoms with van der Waals surface area (Å²) < 4.78 is 34.3. The number of amides is 1. The maximum atomic E-state index is 13.4. The Kier molecular flexibility index (Phi) is 6.70. The lowest BCUT2D eigenvalue weighted by Crippen LogP contribution is -2.48. The van der Waals surface area contributed by atoms with E-state index in [0.29, 0.717) is 20.2 Å². The molecule has 3 aromatic rings. The van der Waals surface area contributed by atoms with Crippen molar-refractivity contribution in [3.8, 4) is 5.75 Å². The number of anilines is 2. The smallest absolute Gasteiger partial charge is 0.269 e. The molecule has 0 saturated heterocycles. The Bertz CT molecular complexity index is 1250. The highest BCUT2D eigenvalue weighted by Gasteiger charge is 2.38. The normalized spacial score (nSPS) is 15.5. The van der Waals surface area contributed by atoms with E-state index in [-0.39, 0.29) is 22.9 Å². The molecule has 1 amide bonds. The van der Waals surface area contributed by atoms with Crippen LogP contribution in [0, 0.1) is 0 Å². The van der Waals surface area contributed by atoms with Gasteiger partial charge in [-0.05, 0) is 30.3 Å². The molecule has 1 N–H and O–H groups in total. The Hall–Kier alpha value is -2.60. The molecule has 32 heavy (non-hydrogen) atoms. The second-order valence-corrected chi connectivity index (χ2v) is 11.1. The topological polar surface area (TPSA) is 101 Å². The lowest BCUT2D eigenvalue weighted by atomic mass is 10.2. The second kappa shape index (κ2) is 9.49. The summed E-state index contributed by atoms with van der Waals surface area (Å²) in [5.41, 5.74) is 0.268. The predicted octanol–water partition coefficient (Wildman–Crippen LogP) is 4.06. The molecule has 0 spiro atoms. The fourth-order valence-corrected chi connectivity index (χ4v) is 6.11. The zero-order valence-electron chi connectivity index (χ0n) is 16.5. The van der Waals surface area contributed by atoms with Gasteiger partial charge >= 0.3 is 0 Å². The molecule has 2 heterocycles. The number of nitrogens with zero attached hydrogens (tertiary/aromatic N) is 3. The van der Waals surface area contributed by atoms with Gasteiger partial charge in [-0.3, -0.25) is 14.4 Å². The Morgan fingerprint density at radius 3 is 2.84 bits per heavy atom. The molecule has 1 unspecified atom stereocenters.